The molecular weight excluding hydrogens is 715 g/mol. The summed E-state index contributed by atoms with van der Waals surface area (Å²) < 4.78 is 5.32. The zero-order chi connectivity index (χ0) is 37.0. The van der Waals surface area contributed by atoms with Crippen LogP contribution in [0.2, 0.25) is 0 Å². The lowest BCUT2D eigenvalue weighted by Gasteiger charge is -2.27. The predicted octanol–water partition coefficient (Wildman–Crippen LogP) is 15.9. The highest BCUT2D eigenvalue weighted by atomic mass is 32.1. The first kappa shape index (κ1) is 32.9. The molecule has 0 spiro atoms. The molecule has 0 amide bonds. The van der Waals surface area contributed by atoms with Crippen LogP contribution in [0, 0.1) is 0 Å². The van der Waals surface area contributed by atoms with Crippen molar-refractivity contribution in [2.45, 2.75) is 6.54 Å². The van der Waals surface area contributed by atoms with Crippen LogP contribution < -0.4 is 4.90 Å². The number of hydrogen-bond acceptors (Lipinski definition) is 3. The van der Waals surface area contributed by atoms with E-state index in [9.17, 15) is 0 Å². The molecule has 0 aliphatic heterocycles. The fourth-order valence-electron chi connectivity index (χ4n) is 8.35. The van der Waals surface area contributed by atoms with Crippen molar-refractivity contribution in [1.82, 2.24) is 0 Å². The maximum Gasteiger partial charge on any atom is 0.0487 e. The minimum Gasteiger partial charge on any atom is -0.337 e. The summed E-state index contributed by atoms with van der Waals surface area (Å²) >= 11 is 3.75. The van der Waals surface area contributed by atoms with Gasteiger partial charge in [-0.15, -0.1) is 22.7 Å². The molecule has 0 N–H and O–H groups in total. The molecule has 11 rings (SSSR count). The quantitative estimate of drug-likeness (QED) is 0.157. The van der Waals surface area contributed by atoms with E-state index in [0.717, 1.165) is 11.4 Å². The van der Waals surface area contributed by atoms with Gasteiger partial charge in [-0.2, -0.15) is 0 Å². The van der Waals surface area contributed by atoms with Gasteiger partial charge in [0.2, 0.25) is 0 Å². The minimum absolute atomic E-state index is 0.713. The summed E-state index contributed by atoms with van der Waals surface area (Å²) in [6, 6.07) is 73.7. The van der Waals surface area contributed by atoms with Gasteiger partial charge in [-0.25, -0.2) is 0 Å². The van der Waals surface area contributed by atoms with E-state index in [1.165, 1.54) is 90.1 Å². The fraction of sp³-hybridized carbons (Fsp3) is 0.0189. The first-order valence-corrected chi connectivity index (χ1v) is 20.7. The van der Waals surface area contributed by atoms with E-state index in [-0.39, 0.29) is 0 Å². The number of anilines is 2. The van der Waals surface area contributed by atoms with Gasteiger partial charge in [0.05, 0.1) is 0 Å². The van der Waals surface area contributed by atoms with Gasteiger partial charge in [0.25, 0.3) is 0 Å². The van der Waals surface area contributed by atoms with E-state index in [0.29, 0.717) is 6.54 Å². The summed E-state index contributed by atoms with van der Waals surface area (Å²) in [7, 11) is 0. The highest BCUT2D eigenvalue weighted by Crippen LogP contribution is 2.42. The van der Waals surface area contributed by atoms with Gasteiger partial charge in [-0.3, -0.25) is 0 Å². The first-order chi connectivity index (χ1) is 27.7. The number of fused-ring (bicyclic) bond motifs is 7. The van der Waals surface area contributed by atoms with Crippen LogP contribution in [-0.4, -0.2) is 0 Å². The van der Waals surface area contributed by atoms with E-state index in [1.807, 2.05) is 22.7 Å². The molecular formula is C53H35NS2. The summed E-state index contributed by atoms with van der Waals surface area (Å²) in [6.07, 6.45) is 0. The standard InChI is InChI=1S/C53H35NS2/c1-2-12-37-31-39(24-23-35(37)11-1)38-14-9-15-43(32-38)54(42-28-25-36(26-29-42)45-19-10-20-48-46-17-5-8-22-51(46)56-53(45)48)34-41-13-3-4-16-44(41)40-27-30-52-49(33-40)47-18-6-7-21-50(47)55-52/h1-33H,34H2. The summed E-state index contributed by atoms with van der Waals surface area (Å²) in [5, 5.41) is 7.80. The summed E-state index contributed by atoms with van der Waals surface area (Å²) in [6.45, 7) is 0.713. The second-order valence-corrected chi connectivity index (χ2v) is 16.6. The van der Waals surface area contributed by atoms with Crippen molar-refractivity contribution in [2.75, 3.05) is 4.90 Å². The zero-order valence-corrected chi connectivity index (χ0v) is 32.2. The van der Waals surface area contributed by atoms with Crippen molar-refractivity contribution < 1.29 is 0 Å². The lowest BCUT2D eigenvalue weighted by molar-refractivity contribution is 0.978. The molecule has 2 heterocycles. The van der Waals surface area contributed by atoms with Crippen LogP contribution >= 0.6 is 22.7 Å². The Kier molecular flexibility index (Phi) is 8.01. The number of rotatable bonds is 7. The van der Waals surface area contributed by atoms with E-state index in [4.69, 9.17) is 0 Å². The third-order valence-electron chi connectivity index (χ3n) is 11.2. The summed E-state index contributed by atoms with van der Waals surface area (Å²) in [5.41, 5.74) is 11.0. The van der Waals surface area contributed by atoms with Crippen molar-refractivity contribution in [2.24, 2.45) is 0 Å². The Morgan fingerprint density at radius 2 is 0.964 bits per heavy atom. The van der Waals surface area contributed by atoms with Gasteiger partial charge in [0.15, 0.2) is 0 Å². The third kappa shape index (κ3) is 5.76. The third-order valence-corrected chi connectivity index (χ3v) is 13.5. The predicted molar refractivity (Wildman–Crippen MR) is 245 cm³/mol. The normalized spacial score (nSPS) is 11.6. The Morgan fingerprint density at radius 1 is 0.339 bits per heavy atom. The maximum absolute atomic E-state index is 2.48. The highest BCUT2D eigenvalue weighted by molar-refractivity contribution is 7.26. The molecule has 11 aromatic rings. The molecule has 0 atom stereocenters. The molecule has 264 valence electrons. The van der Waals surface area contributed by atoms with Gasteiger partial charge < -0.3 is 4.90 Å². The number of hydrogen-bond donors (Lipinski definition) is 0. The van der Waals surface area contributed by atoms with Gasteiger partial charge in [0.1, 0.15) is 0 Å². The highest BCUT2D eigenvalue weighted by Gasteiger charge is 2.17. The largest absolute Gasteiger partial charge is 0.337 e. The Labute approximate surface area is 334 Å². The van der Waals surface area contributed by atoms with Crippen LogP contribution in [0.4, 0.5) is 11.4 Å². The van der Waals surface area contributed by atoms with Crippen LogP contribution in [0.25, 0.3) is 84.5 Å². The average molecular weight is 750 g/mol. The van der Waals surface area contributed by atoms with Crippen LogP contribution in [0.5, 0.6) is 0 Å². The van der Waals surface area contributed by atoms with Gasteiger partial charge in [-0.1, -0.05) is 146 Å². The zero-order valence-electron chi connectivity index (χ0n) is 30.5. The number of nitrogens with zero attached hydrogens (tertiary/aromatic N) is 1. The second kappa shape index (κ2) is 13.6. The van der Waals surface area contributed by atoms with Crippen molar-refractivity contribution in [3.63, 3.8) is 0 Å². The lowest BCUT2D eigenvalue weighted by Crippen LogP contribution is -2.17. The minimum atomic E-state index is 0.713. The van der Waals surface area contributed by atoms with Crippen LogP contribution in [0.15, 0.2) is 200 Å². The van der Waals surface area contributed by atoms with Crippen molar-refractivity contribution in [3.8, 4) is 33.4 Å². The molecule has 0 fully saturated rings. The van der Waals surface area contributed by atoms with E-state index >= 15 is 0 Å². The first-order valence-electron chi connectivity index (χ1n) is 19.1. The van der Waals surface area contributed by atoms with Gasteiger partial charge in [0, 0.05) is 58.3 Å². The molecule has 56 heavy (non-hydrogen) atoms. The van der Waals surface area contributed by atoms with Gasteiger partial charge in [-0.05, 0) is 104 Å². The monoisotopic (exact) mass is 749 g/mol. The lowest BCUT2D eigenvalue weighted by atomic mass is 9.97. The molecule has 0 saturated heterocycles. The Bertz CT molecular complexity index is 3240. The molecule has 2 aromatic heterocycles. The molecule has 3 heteroatoms. The maximum atomic E-state index is 2.48. The molecule has 1 nitrogen and oxygen atoms in total. The number of benzene rings is 9. The van der Waals surface area contributed by atoms with Gasteiger partial charge >= 0.3 is 0 Å². The second-order valence-electron chi connectivity index (χ2n) is 14.5. The molecule has 0 bridgehead atoms. The molecule has 9 aromatic carbocycles. The molecule has 0 aliphatic carbocycles. The van der Waals surface area contributed by atoms with E-state index in [1.54, 1.807) is 0 Å². The Hall–Kier alpha value is -6.52. The molecule has 0 unspecified atom stereocenters. The summed E-state index contributed by atoms with van der Waals surface area (Å²) in [5.74, 6) is 0. The van der Waals surface area contributed by atoms with Crippen molar-refractivity contribution >= 4 is 85.2 Å². The Balaban J connectivity index is 1.02. The van der Waals surface area contributed by atoms with Crippen molar-refractivity contribution in [1.29, 1.82) is 0 Å². The van der Waals surface area contributed by atoms with E-state index < -0.39 is 0 Å². The molecule has 0 aliphatic rings. The molecule has 0 radical (unpaired) electrons. The molecule has 0 saturated carbocycles. The van der Waals surface area contributed by atoms with E-state index in [2.05, 4.69) is 205 Å². The fourth-order valence-corrected chi connectivity index (χ4v) is 10.7. The van der Waals surface area contributed by atoms with Crippen LogP contribution in [0.3, 0.4) is 0 Å². The average Bonchev–Trinajstić information content (AvgIpc) is 3.84. The van der Waals surface area contributed by atoms with Crippen molar-refractivity contribution in [3.05, 3.63) is 206 Å². The SMILES string of the molecule is c1cc(-c2ccc3ccccc3c2)cc(N(Cc2ccccc2-c2ccc3sc4ccccc4c3c2)c2ccc(-c3cccc4c3sc3ccccc34)cc2)c1. The van der Waals surface area contributed by atoms with Crippen LogP contribution in [-0.2, 0) is 6.54 Å². The summed E-state index contributed by atoms with van der Waals surface area (Å²) in [4.78, 5) is 2.48. The van der Waals surface area contributed by atoms with Crippen LogP contribution in [0.1, 0.15) is 5.56 Å². The smallest absolute Gasteiger partial charge is 0.0487 e. The Morgan fingerprint density at radius 3 is 1.84 bits per heavy atom. The number of thiophene rings is 2. The topological polar surface area (TPSA) is 3.24 Å².